The van der Waals surface area contributed by atoms with Crippen molar-refractivity contribution in [3.05, 3.63) is 101 Å². The molecule has 5 nitrogen and oxygen atoms in total. The fourth-order valence-electron chi connectivity index (χ4n) is 3.99. The van der Waals surface area contributed by atoms with Crippen LogP contribution in [0.3, 0.4) is 0 Å². The maximum atomic E-state index is 13.3. The van der Waals surface area contributed by atoms with E-state index in [0.717, 1.165) is 16.8 Å². The van der Waals surface area contributed by atoms with Crippen molar-refractivity contribution in [1.82, 2.24) is 15.2 Å². The van der Waals surface area contributed by atoms with Gasteiger partial charge < -0.3 is 10.2 Å². The molecule has 29 heavy (non-hydrogen) atoms. The van der Waals surface area contributed by atoms with Crippen molar-refractivity contribution >= 4 is 11.8 Å². The molecule has 1 N–H and O–H groups in total. The van der Waals surface area contributed by atoms with Crippen LogP contribution in [-0.4, -0.2) is 35.3 Å². The number of hydrogen-bond acceptors (Lipinski definition) is 3. The summed E-state index contributed by atoms with van der Waals surface area (Å²) in [6, 6.07) is 22.5. The van der Waals surface area contributed by atoms with Gasteiger partial charge in [0.25, 0.3) is 5.91 Å². The molecule has 0 aliphatic carbocycles. The quantitative estimate of drug-likeness (QED) is 0.733. The van der Waals surface area contributed by atoms with Gasteiger partial charge in [-0.25, -0.2) is 0 Å². The maximum absolute atomic E-state index is 13.3. The van der Waals surface area contributed by atoms with Crippen LogP contribution in [0.4, 0.5) is 0 Å². The number of aromatic nitrogens is 1. The predicted molar refractivity (Wildman–Crippen MR) is 111 cm³/mol. The van der Waals surface area contributed by atoms with E-state index in [9.17, 15) is 9.59 Å². The van der Waals surface area contributed by atoms with Gasteiger partial charge in [0.05, 0.1) is 12.0 Å². The molecule has 5 heteroatoms. The Bertz CT molecular complexity index is 1000. The molecule has 2 aromatic carbocycles. The van der Waals surface area contributed by atoms with Crippen LogP contribution in [0.15, 0.2) is 79.0 Å². The molecule has 2 atom stereocenters. The predicted octanol–water partition coefficient (Wildman–Crippen LogP) is 3.35. The van der Waals surface area contributed by atoms with Gasteiger partial charge in [0.2, 0.25) is 5.91 Å². The number of pyridine rings is 1. The number of amides is 2. The third kappa shape index (κ3) is 3.76. The molecule has 2 heterocycles. The summed E-state index contributed by atoms with van der Waals surface area (Å²) in [6.45, 7) is 0.494. The monoisotopic (exact) mass is 385 g/mol. The van der Waals surface area contributed by atoms with Crippen molar-refractivity contribution in [2.75, 3.05) is 13.6 Å². The number of carbonyl (C=O) groups excluding carboxylic acids is 2. The number of hydrogen-bond donors (Lipinski definition) is 1. The topological polar surface area (TPSA) is 62.3 Å². The van der Waals surface area contributed by atoms with Crippen LogP contribution in [0.5, 0.6) is 0 Å². The molecule has 2 amide bonds. The zero-order valence-electron chi connectivity index (χ0n) is 16.3. The lowest BCUT2D eigenvalue weighted by Crippen LogP contribution is -2.46. The molecule has 0 radical (unpaired) electrons. The third-order valence-electron chi connectivity index (χ3n) is 5.41. The van der Waals surface area contributed by atoms with Crippen molar-refractivity contribution in [1.29, 1.82) is 0 Å². The Kier molecular flexibility index (Phi) is 5.38. The molecule has 3 aromatic rings. The number of fused-ring (bicyclic) bond motifs is 1. The first-order valence-corrected chi connectivity index (χ1v) is 9.75. The highest BCUT2D eigenvalue weighted by atomic mass is 16.2. The Balaban J connectivity index is 1.64. The van der Waals surface area contributed by atoms with Crippen LogP contribution in [0.25, 0.3) is 0 Å². The van der Waals surface area contributed by atoms with Crippen molar-refractivity contribution in [3.63, 3.8) is 0 Å². The summed E-state index contributed by atoms with van der Waals surface area (Å²) in [6.07, 6.45) is 2.41. The normalized spacial score (nSPS) is 18.2. The highest BCUT2D eigenvalue weighted by Crippen LogP contribution is 2.41. The van der Waals surface area contributed by atoms with Crippen LogP contribution in [0, 0.1) is 0 Å². The SMILES string of the molecule is CN1C(=O)c2ccccc2[C@H](C(=O)NCCc2ccccn2)[C@H]1c1ccccc1. The summed E-state index contributed by atoms with van der Waals surface area (Å²) in [4.78, 5) is 32.3. The van der Waals surface area contributed by atoms with E-state index < -0.39 is 5.92 Å². The third-order valence-corrected chi connectivity index (χ3v) is 5.41. The molecule has 1 aromatic heterocycles. The van der Waals surface area contributed by atoms with E-state index in [2.05, 4.69) is 10.3 Å². The highest BCUT2D eigenvalue weighted by Gasteiger charge is 2.42. The summed E-state index contributed by atoms with van der Waals surface area (Å²) < 4.78 is 0. The maximum Gasteiger partial charge on any atom is 0.254 e. The minimum absolute atomic E-state index is 0.0630. The molecular weight excluding hydrogens is 362 g/mol. The van der Waals surface area contributed by atoms with E-state index in [1.165, 1.54) is 0 Å². The number of carbonyl (C=O) groups is 2. The van der Waals surface area contributed by atoms with Crippen molar-refractivity contribution < 1.29 is 9.59 Å². The highest BCUT2D eigenvalue weighted by molar-refractivity contribution is 6.01. The van der Waals surface area contributed by atoms with Crippen LogP contribution in [0.2, 0.25) is 0 Å². The second kappa shape index (κ2) is 8.27. The Labute approximate surface area is 170 Å². The smallest absolute Gasteiger partial charge is 0.254 e. The molecule has 0 saturated carbocycles. The van der Waals surface area contributed by atoms with Crippen molar-refractivity contribution in [2.45, 2.75) is 18.4 Å². The zero-order valence-corrected chi connectivity index (χ0v) is 16.3. The van der Waals surface area contributed by atoms with E-state index in [1.807, 2.05) is 66.7 Å². The number of nitrogens with zero attached hydrogens (tertiary/aromatic N) is 2. The molecule has 4 rings (SSSR count). The molecule has 146 valence electrons. The lowest BCUT2D eigenvalue weighted by molar-refractivity contribution is -0.124. The van der Waals surface area contributed by atoms with Gasteiger partial charge in [-0.2, -0.15) is 0 Å². The summed E-state index contributed by atoms with van der Waals surface area (Å²) >= 11 is 0. The fraction of sp³-hybridized carbons (Fsp3) is 0.208. The Hall–Kier alpha value is -3.47. The van der Waals surface area contributed by atoms with Gasteiger partial charge in [-0.15, -0.1) is 0 Å². The largest absolute Gasteiger partial charge is 0.355 e. The minimum atomic E-state index is -0.472. The average molecular weight is 385 g/mol. The number of likely N-dealkylation sites (N-methyl/N-ethyl adjacent to an activating group) is 1. The molecule has 0 unspecified atom stereocenters. The van der Waals surface area contributed by atoms with E-state index in [-0.39, 0.29) is 17.9 Å². The van der Waals surface area contributed by atoms with Gasteiger partial charge in [0.1, 0.15) is 0 Å². The van der Waals surface area contributed by atoms with Crippen molar-refractivity contribution in [3.8, 4) is 0 Å². The first-order valence-electron chi connectivity index (χ1n) is 9.75. The van der Waals surface area contributed by atoms with Gasteiger partial charge in [-0.3, -0.25) is 14.6 Å². The van der Waals surface area contributed by atoms with E-state index in [1.54, 1.807) is 24.2 Å². The molecule has 0 saturated heterocycles. The molecule has 0 spiro atoms. The van der Waals surface area contributed by atoms with Crippen LogP contribution in [0.1, 0.15) is 39.1 Å². The molecule has 1 aliphatic heterocycles. The second-order valence-corrected chi connectivity index (χ2v) is 7.20. The van der Waals surface area contributed by atoms with Crippen molar-refractivity contribution in [2.24, 2.45) is 0 Å². The summed E-state index contributed by atoms with van der Waals surface area (Å²) in [5.41, 5.74) is 3.25. The molecular formula is C24H23N3O2. The van der Waals surface area contributed by atoms with E-state index in [4.69, 9.17) is 0 Å². The number of nitrogens with one attached hydrogen (secondary N) is 1. The van der Waals surface area contributed by atoms with Gasteiger partial charge in [-0.05, 0) is 29.3 Å². The van der Waals surface area contributed by atoms with E-state index >= 15 is 0 Å². The minimum Gasteiger partial charge on any atom is -0.355 e. The van der Waals surface area contributed by atoms with Crippen LogP contribution >= 0.6 is 0 Å². The van der Waals surface area contributed by atoms with Gasteiger partial charge >= 0.3 is 0 Å². The lowest BCUT2D eigenvalue weighted by atomic mass is 9.79. The lowest BCUT2D eigenvalue weighted by Gasteiger charge is -2.39. The first-order chi connectivity index (χ1) is 14.2. The molecule has 0 bridgehead atoms. The average Bonchev–Trinajstić information content (AvgIpc) is 2.77. The Morgan fingerprint density at radius 1 is 1.00 bits per heavy atom. The molecule has 0 fully saturated rings. The Morgan fingerprint density at radius 3 is 2.48 bits per heavy atom. The fourth-order valence-corrected chi connectivity index (χ4v) is 3.99. The summed E-state index contributed by atoms with van der Waals surface area (Å²) in [5, 5.41) is 3.06. The number of rotatable bonds is 5. The number of benzene rings is 2. The Morgan fingerprint density at radius 2 is 1.72 bits per heavy atom. The van der Waals surface area contributed by atoms with Gasteiger partial charge in [0, 0.05) is 37.5 Å². The van der Waals surface area contributed by atoms with Gasteiger partial charge in [0.15, 0.2) is 0 Å². The standard InChI is InChI=1S/C24H23N3O2/c1-27-22(17-9-3-2-4-10-17)21(19-12-5-6-13-20(19)24(27)29)23(28)26-16-14-18-11-7-8-15-25-18/h2-13,15,21-22H,14,16H2,1H3,(H,26,28)/t21-,22+/m0/s1. The van der Waals surface area contributed by atoms with Gasteiger partial charge in [-0.1, -0.05) is 54.6 Å². The van der Waals surface area contributed by atoms with E-state index in [0.29, 0.717) is 18.5 Å². The first kappa shape index (κ1) is 18.9. The molecule has 1 aliphatic rings. The zero-order chi connectivity index (χ0) is 20.2. The van der Waals surface area contributed by atoms with Crippen LogP contribution in [-0.2, 0) is 11.2 Å². The second-order valence-electron chi connectivity index (χ2n) is 7.20. The van der Waals surface area contributed by atoms with Crippen LogP contribution < -0.4 is 5.32 Å². The summed E-state index contributed by atoms with van der Waals surface area (Å²) in [7, 11) is 1.77. The summed E-state index contributed by atoms with van der Waals surface area (Å²) in [5.74, 6) is -0.617.